The van der Waals surface area contributed by atoms with Crippen LogP contribution >= 0.6 is 27.3 Å². The van der Waals surface area contributed by atoms with Gasteiger partial charge in [-0.1, -0.05) is 0 Å². The van der Waals surface area contributed by atoms with Crippen molar-refractivity contribution in [2.75, 3.05) is 7.11 Å². The predicted octanol–water partition coefficient (Wildman–Crippen LogP) is 2.05. The molecule has 112 valence electrons. The first-order chi connectivity index (χ1) is 9.35. The van der Waals surface area contributed by atoms with Gasteiger partial charge >= 0.3 is 5.97 Å². The number of methoxy groups -OCH3 is 1. The second-order valence-electron chi connectivity index (χ2n) is 4.49. The molecule has 1 heterocycles. The molecule has 0 amide bonds. The van der Waals surface area contributed by atoms with Crippen LogP contribution in [0.25, 0.3) is 0 Å². The summed E-state index contributed by atoms with van der Waals surface area (Å²) in [5, 5.41) is 8.91. The molecule has 1 aliphatic rings. The molecule has 0 bridgehead atoms. The summed E-state index contributed by atoms with van der Waals surface area (Å²) < 4.78 is 32.8. The van der Waals surface area contributed by atoms with Crippen LogP contribution in [0, 0.1) is 0 Å². The topological polar surface area (TPSA) is 92.7 Å². The van der Waals surface area contributed by atoms with Gasteiger partial charge in [0.25, 0.3) is 0 Å². The number of sulfonamides is 1. The summed E-state index contributed by atoms with van der Waals surface area (Å²) in [5.74, 6) is -1.15. The summed E-state index contributed by atoms with van der Waals surface area (Å²) in [5.41, 5.74) is 0. The Morgan fingerprint density at radius 1 is 1.55 bits per heavy atom. The Morgan fingerprint density at radius 3 is 2.80 bits per heavy atom. The van der Waals surface area contributed by atoms with E-state index in [1.54, 1.807) is 7.11 Å². The lowest BCUT2D eigenvalue weighted by Crippen LogP contribution is -2.40. The molecule has 0 spiro atoms. The van der Waals surface area contributed by atoms with Crippen molar-refractivity contribution in [3.05, 3.63) is 14.7 Å². The lowest BCUT2D eigenvalue weighted by molar-refractivity contribution is 0.0702. The third-order valence-corrected chi connectivity index (χ3v) is 6.95. The number of carboxylic acids is 1. The van der Waals surface area contributed by atoms with Gasteiger partial charge in [0.05, 0.1) is 9.89 Å². The van der Waals surface area contributed by atoms with Crippen molar-refractivity contribution in [2.24, 2.45) is 0 Å². The molecule has 1 aromatic rings. The van der Waals surface area contributed by atoms with Crippen molar-refractivity contribution in [3.8, 4) is 0 Å². The number of rotatable bonds is 5. The first-order valence-corrected chi connectivity index (χ1v) is 9.02. The molecule has 1 saturated carbocycles. The molecule has 9 heteroatoms. The molecule has 2 N–H and O–H groups in total. The van der Waals surface area contributed by atoms with Gasteiger partial charge < -0.3 is 9.84 Å². The largest absolute Gasteiger partial charge is 0.477 e. The molecule has 20 heavy (non-hydrogen) atoms. The van der Waals surface area contributed by atoms with Crippen molar-refractivity contribution in [1.29, 1.82) is 0 Å². The molecule has 1 aliphatic carbocycles. The van der Waals surface area contributed by atoms with E-state index in [1.165, 1.54) is 0 Å². The smallest absolute Gasteiger partial charge is 0.345 e. The molecular formula is C11H14BrNO5S2. The Labute approximate surface area is 129 Å². The normalized spacial score (nSPS) is 23.1. The van der Waals surface area contributed by atoms with Crippen LogP contribution < -0.4 is 4.72 Å². The Hall–Kier alpha value is -0.480. The van der Waals surface area contributed by atoms with E-state index in [-0.39, 0.29) is 25.7 Å². The summed E-state index contributed by atoms with van der Waals surface area (Å²) in [4.78, 5) is 10.8. The Balaban J connectivity index is 2.24. The molecule has 2 atom stereocenters. The fourth-order valence-corrected chi connectivity index (χ4v) is 5.95. The van der Waals surface area contributed by atoms with Gasteiger partial charge in [0.2, 0.25) is 10.0 Å². The van der Waals surface area contributed by atoms with Crippen molar-refractivity contribution in [2.45, 2.75) is 36.3 Å². The van der Waals surface area contributed by atoms with Gasteiger partial charge in [-0.3, -0.25) is 0 Å². The van der Waals surface area contributed by atoms with Crippen LogP contribution in [0.2, 0.25) is 0 Å². The van der Waals surface area contributed by atoms with Crippen LogP contribution in [0.4, 0.5) is 0 Å². The van der Waals surface area contributed by atoms with E-state index >= 15 is 0 Å². The molecule has 0 radical (unpaired) electrons. The number of carboxylic acid groups (broad SMARTS) is 1. The highest BCUT2D eigenvalue weighted by atomic mass is 79.9. The molecule has 0 aliphatic heterocycles. The van der Waals surface area contributed by atoms with Crippen molar-refractivity contribution in [3.63, 3.8) is 0 Å². The number of hydrogen-bond acceptors (Lipinski definition) is 5. The Morgan fingerprint density at radius 2 is 2.25 bits per heavy atom. The van der Waals surface area contributed by atoms with Gasteiger partial charge in [-0.2, -0.15) is 0 Å². The molecule has 2 unspecified atom stereocenters. The number of carbonyl (C=O) groups is 1. The summed E-state index contributed by atoms with van der Waals surface area (Å²) in [6.07, 6.45) is 2.29. The van der Waals surface area contributed by atoms with Crippen molar-refractivity contribution >= 4 is 43.3 Å². The van der Waals surface area contributed by atoms with E-state index in [9.17, 15) is 13.2 Å². The van der Waals surface area contributed by atoms with E-state index < -0.39 is 16.0 Å². The summed E-state index contributed by atoms with van der Waals surface area (Å²) in [7, 11) is -2.20. The summed E-state index contributed by atoms with van der Waals surface area (Å²) >= 11 is 3.99. The highest BCUT2D eigenvalue weighted by molar-refractivity contribution is 9.11. The number of hydrogen-bond donors (Lipinski definition) is 2. The zero-order chi connectivity index (χ0) is 14.9. The molecule has 6 nitrogen and oxygen atoms in total. The first kappa shape index (κ1) is 15.9. The van der Waals surface area contributed by atoms with Crippen LogP contribution in [-0.4, -0.2) is 38.7 Å². The van der Waals surface area contributed by atoms with Crippen LogP contribution in [0.3, 0.4) is 0 Å². The lowest BCUT2D eigenvalue weighted by atomic mass is 10.2. The minimum Gasteiger partial charge on any atom is -0.477 e. The Bertz CT molecular complexity index is 612. The maximum atomic E-state index is 12.3. The van der Waals surface area contributed by atoms with E-state index in [2.05, 4.69) is 20.7 Å². The van der Waals surface area contributed by atoms with Crippen LogP contribution in [0.1, 0.15) is 28.9 Å². The van der Waals surface area contributed by atoms with E-state index in [0.717, 1.165) is 30.2 Å². The fourth-order valence-electron chi connectivity index (χ4n) is 2.25. The van der Waals surface area contributed by atoms with Crippen LogP contribution in [-0.2, 0) is 14.8 Å². The Kier molecular flexibility index (Phi) is 4.85. The van der Waals surface area contributed by atoms with Crippen LogP contribution in [0.15, 0.2) is 14.7 Å². The lowest BCUT2D eigenvalue weighted by Gasteiger charge is -2.19. The third kappa shape index (κ3) is 3.22. The maximum Gasteiger partial charge on any atom is 0.345 e. The summed E-state index contributed by atoms with van der Waals surface area (Å²) in [6, 6.07) is 0.890. The second-order valence-corrected chi connectivity index (χ2v) is 8.54. The van der Waals surface area contributed by atoms with Crippen molar-refractivity contribution in [1.82, 2.24) is 4.72 Å². The summed E-state index contributed by atoms with van der Waals surface area (Å²) in [6.45, 7) is 0. The van der Waals surface area contributed by atoms with Gasteiger partial charge in [0, 0.05) is 13.2 Å². The van der Waals surface area contributed by atoms with Gasteiger partial charge in [0.1, 0.15) is 9.77 Å². The molecular weight excluding hydrogens is 370 g/mol. The van der Waals surface area contributed by atoms with Gasteiger partial charge in [-0.25, -0.2) is 17.9 Å². The second kappa shape index (κ2) is 6.10. The monoisotopic (exact) mass is 383 g/mol. The maximum absolute atomic E-state index is 12.3. The number of aromatic carboxylic acids is 1. The molecule has 0 aromatic carbocycles. The van der Waals surface area contributed by atoms with E-state index in [4.69, 9.17) is 9.84 Å². The van der Waals surface area contributed by atoms with Gasteiger partial charge in [-0.15, -0.1) is 11.3 Å². The highest BCUT2D eigenvalue weighted by Crippen LogP contribution is 2.32. The van der Waals surface area contributed by atoms with Crippen LogP contribution in [0.5, 0.6) is 0 Å². The average molecular weight is 384 g/mol. The first-order valence-electron chi connectivity index (χ1n) is 5.93. The molecule has 0 saturated heterocycles. The van der Waals surface area contributed by atoms with Gasteiger partial charge in [-0.05, 0) is 41.3 Å². The van der Waals surface area contributed by atoms with E-state index in [1.807, 2.05) is 0 Å². The van der Waals surface area contributed by atoms with E-state index in [0.29, 0.717) is 6.42 Å². The fraction of sp³-hybridized carbons (Fsp3) is 0.545. The predicted molar refractivity (Wildman–Crippen MR) is 77.7 cm³/mol. The quantitative estimate of drug-likeness (QED) is 0.811. The third-order valence-electron chi connectivity index (χ3n) is 3.22. The van der Waals surface area contributed by atoms with Gasteiger partial charge in [0.15, 0.2) is 0 Å². The zero-order valence-corrected chi connectivity index (χ0v) is 13.8. The number of ether oxygens (including phenoxy) is 1. The number of thiophene rings is 1. The molecule has 2 rings (SSSR count). The zero-order valence-electron chi connectivity index (χ0n) is 10.6. The SMILES string of the molecule is COC1CCCC1NS(=O)(=O)c1cc(C(=O)O)sc1Br. The standard InChI is InChI=1S/C11H14BrNO5S2/c1-18-7-4-2-3-6(7)13-20(16,17)9-5-8(11(14)15)19-10(9)12/h5-7,13H,2-4H2,1H3,(H,14,15). The van der Waals surface area contributed by atoms with Crippen molar-refractivity contribution < 1.29 is 23.1 Å². The molecule has 1 fully saturated rings. The minimum atomic E-state index is -3.76. The average Bonchev–Trinajstić information content (AvgIpc) is 2.95. The number of halogens is 1. The molecule has 1 aromatic heterocycles. The minimum absolute atomic E-state index is 0.0213. The highest BCUT2D eigenvalue weighted by Gasteiger charge is 2.33. The number of nitrogens with one attached hydrogen (secondary N) is 1.